The Morgan fingerprint density at radius 3 is 2.76 bits per heavy atom. The van der Waals surface area contributed by atoms with Gasteiger partial charge in [0.25, 0.3) is 5.91 Å². The fraction of sp³-hybridized carbons (Fsp3) is 0.536. The lowest BCUT2D eigenvalue weighted by molar-refractivity contribution is 0.0699. The summed E-state index contributed by atoms with van der Waals surface area (Å²) in [4.78, 5) is 19.9. The molecule has 3 N–H and O–H groups in total. The Bertz CT molecular complexity index is 1280. The minimum absolute atomic E-state index is 0.00416. The minimum Gasteiger partial charge on any atom is -0.394 e. The van der Waals surface area contributed by atoms with Crippen molar-refractivity contribution in [1.29, 1.82) is 0 Å². The molecule has 2 aliphatic heterocycles. The van der Waals surface area contributed by atoms with E-state index in [4.69, 9.17) is 14.8 Å². The zero-order chi connectivity index (χ0) is 25.4. The molecule has 0 radical (unpaired) electrons. The molecule has 9 nitrogen and oxygen atoms in total. The molecule has 3 aromatic rings. The highest BCUT2D eigenvalue weighted by Crippen LogP contribution is 2.32. The lowest BCUT2D eigenvalue weighted by Crippen LogP contribution is -2.33. The van der Waals surface area contributed by atoms with E-state index in [0.717, 1.165) is 98.8 Å². The number of nitrogens with zero attached hydrogens (tertiary/aromatic N) is 4. The van der Waals surface area contributed by atoms with Gasteiger partial charge in [-0.2, -0.15) is 9.61 Å². The van der Waals surface area contributed by atoms with Crippen molar-refractivity contribution in [2.45, 2.75) is 57.5 Å². The van der Waals surface area contributed by atoms with Crippen LogP contribution in [0.25, 0.3) is 16.8 Å². The lowest BCUT2D eigenvalue weighted by atomic mass is 10.0. The van der Waals surface area contributed by atoms with Crippen LogP contribution in [0.5, 0.6) is 0 Å². The van der Waals surface area contributed by atoms with E-state index >= 15 is 0 Å². The zero-order valence-corrected chi connectivity index (χ0v) is 21.4. The van der Waals surface area contributed by atoms with Gasteiger partial charge in [-0.15, -0.1) is 0 Å². The first kappa shape index (κ1) is 24.2. The van der Waals surface area contributed by atoms with Gasteiger partial charge in [-0.1, -0.05) is 12.1 Å². The predicted octanol–water partition coefficient (Wildman–Crippen LogP) is 3.40. The number of carbonyl (C=O) groups excluding carboxylic acids is 1. The van der Waals surface area contributed by atoms with E-state index < -0.39 is 0 Å². The van der Waals surface area contributed by atoms with E-state index in [1.165, 1.54) is 0 Å². The summed E-state index contributed by atoms with van der Waals surface area (Å²) in [6.45, 7) is 5.45. The number of aliphatic hydroxyl groups is 1. The Hall–Kier alpha value is -3.17. The molecule has 1 saturated carbocycles. The number of hydrogen-bond acceptors (Lipinski definition) is 7. The van der Waals surface area contributed by atoms with Gasteiger partial charge in [0.15, 0.2) is 5.65 Å². The van der Waals surface area contributed by atoms with Crippen LogP contribution in [-0.2, 0) is 4.74 Å². The van der Waals surface area contributed by atoms with Crippen LogP contribution in [0, 0.1) is 12.8 Å². The number of hydrogen-bond donors (Lipinski definition) is 3. The SMILES string of the molecule is Cc1cc(-c2cnn3c(NCC4CCOCC4)cc(N4CCC[C@@H]4CO)nc23)ccc1C(=O)NC1CC1. The Balaban J connectivity index is 1.35. The maximum absolute atomic E-state index is 12.6. The number of carbonyl (C=O) groups is 1. The monoisotopic (exact) mass is 504 g/mol. The van der Waals surface area contributed by atoms with E-state index in [1.54, 1.807) is 0 Å². The van der Waals surface area contributed by atoms with Gasteiger partial charge in [-0.25, -0.2) is 4.98 Å². The summed E-state index contributed by atoms with van der Waals surface area (Å²) in [6.07, 6.45) is 8.10. The lowest BCUT2D eigenvalue weighted by Gasteiger charge is -2.26. The number of benzene rings is 1. The molecule has 1 amide bonds. The Kier molecular flexibility index (Phi) is 6.73. The van der Waals surface area contributed by atoms with Crippen LogP contribution >= 0.6 is 0 Å². The molecule has 1 atom stereocenters. The summed E-state index contributed by atoms with van der Waals surface area (Å²) >= 11 is 0. The average Bonchev–Trinajstić information content (AvgIpc) is 3.42. The molecular weight excluding hydrogens is 468 g/mol. The molecule has 196 valence electrons. The third kappa shape index (κ3) is 5.02. The first-order valence-corrected chi connectivity index (χ1v) is 13.6. The van der Waals surface area contributed by atoms with Gasteiger partial charge in [0.1, 0.15) is 11.6 Å². The highest BCUT2D eigenvalue weighted by molar-refractivity contribution is 5.97. The second kappa shape index (κ2) is 10.3. The summed E-state index contributed by atoms with van der Waals surface area (Å²) in [6, 6.07) is 8.41. The van der Waals surface area contributed by atoms with Crippen molar-refractivity contribution >= 4 is 23.2 Å². The second-order valence-corrected chi connectivity index (χ2v) is 10.7. The van der Waals surface area contributed by atoms with E-state index in [-0.39, 0.29) is 18.6 Å². The Morgan fingerprint density at radius 2 is 2.00 bits per heavy atom. The molecule has 0 spiro atoms. The van der Waals surface area contributed by atoms with Gasteiger partial charge in [-0.3, -0.25) is 4.79 Å². The molecule has 37 heavy (non-hydrogen) atoms. The summed E-state index contributed by atoms with van der Waals surface area (Å²) < 4.78 is 7.41. The number of fused-ring (bicyclic) bond motifs is 1. The maximum atomic E-state index is 12.6. The van der Waals surface area contributed by atoms with E-state index in [2.05, 4.69) is 27.7 Å². The van der Waals surface area contributed by atoms with Crippen molar-refractivity contribution in [2.24, 2.45) is 5.92 Å². The molecular formula is C28H36N6O3. The third-order valence-electron chi connectivity index (χ3n) is 7.95. The molecule has 0 bridgehead atoms. The van der Waals surface area contributed by atoms with Crippen molar-refractivity contribution in [3.63, 3.8) is 0 Å². The number of nitrogens with one attached hydrogen (secondary N) is 2. The molecule has 3 fully saturated rings. The molecule has 0 unspecified atom stereocenters. The molecule has 6 rings (SSSR count). The smallest absolute Gasteiger partial charge is 0.251 e. The fourth-order valence-corrected chi connectivity index (χ4v) is 5.53. The van der Waals surface area contributed by atoms with Gasteiger partial charge in [0.2, 0.25) is 0 Å². The van der Waals surface area contributed by atoms with Crippen LogP contribution in [0.1, 0.15) is 54.4 Å². The molecule has 4 heterocycles. The summed E-state index contributed by atoms with van der Waals surface area (Å²) in [5, 5.41) is 21.4. The highest BCUT2D eigenvalue weighted by atomic mass is 16.5. The van der Waals surface area contributed by atoms with Crippen molar-refractivity contribution in [3.8, 4) is 11.1 Å². The Labute approximate surface area is 217 Å². The third-order valence-corrected chi connectivity index (χ3v) is 7.95. The van der Waals surface area contributed by atoms with Crippen LogP contribution < -0.4 is 15.5 Å². The number of aryl methyl sites for hydroxylation is 1. The normalized spacial score (nSPS) is 20.5. The standard InChI is InChI=1S/C28H36N6O3/c1-18-13-20(4-7-23(18)28(36)31-21-5-6-21)24-16-30-34-25(29-15-19-8-11-37-12-9-19)14-26(32-27(24)34)33-10-2-3-22(33)17-35/h4,7,13-14,16,19,21-22,29,35H,2-3,5-6,8-12,15,17H2,1H3,(H,31,36)/t22-/m1/s1. The second-order valence-electron chi connectivity index (χ2n) is 10.7. The molecule has 9 heteroatoms. The van der Waals surface area contributed by atoms with Crippen molar-refractivity contribution in [2.75, 3.05) is 43.1 Å². The van der Waals surface area contributed by atoms with Crippen LogP contribution in [0.4, 0.5) is 11.6 Å². The van der Waals surface area contributed by atoms with Gasteiger partial charge in [-0.05, 0) is 68.6 Å². The van der Waals surface area contributed by atoms with Crippen molar-refractivity contribution < 1.29 is 14.6 Å². The topological polar surface area (TPSA) is 104 Å². The zero-order valence-electron chi connectivity index (χ0n) is 21.4. The summed E-state index contributed by atoms with van der Waals surface area (Å²) in [5.41, 5.74) is 4.32. The van der Waals surface area contributed by atoms with Crippen molar-refractivity contribution in [1.82, 2.24) is 19.9 Å². The molecule has 2 aromatic heterocycles. The highest BCUT2D eigenvalue weighted by Gasteiger charge is 2.27. The van der Waals surface area contributed by atoms with Gasteiger partial charge in [0, 0.05) is 49.5 Å². The van der Waals surface area contributed by atoms with Crippen LogP contribution in [-0.4, -0.2) is 70.6 Å². The van der Waals surface area contributed by atoms with Crippen LogP contribution in [0.2, 0.25) is 0 Å². The predicted molar refractivity (Wildman–Crippen MR) is 143 cm³/mol. The van der Waals surface area contributed by atoms with Gasteiger partial charge in [0.05, 0.1) is 18.8 Å². The molecule has 3 aliphatic rings. The number of amides is 1. The maximum Gasteiger partial charge on any atom is 0.251 e. The molecule has 1 aromatic carbocycles. The Morgan fingerprint density at radius 1 is 1.16 bits per heavy atom. The van der Waals surface area contributed by atoms with Gasteiger partial charge < -0.3 is 25.4 Å². The fourth-order valence-electron chi connectivity index (χ4n) is 5.53. The number of ether oxygens (including phenoxy) is 1. The molecule has 2 saturated heterocycles. The average molecular weight is 505 g/mol. The number of aliphatic hydroxyl groups excluding tert-OH is 1. The van der Waals surface area contributed by atoms with Crippen molar-refractivity contribution in [3.05, 3.63) is 41.6 Å². The van der Waals surface area contributed by atoms with Crippen LogP contribution in [0.3, 0.4) is 0 Å². The first-order valence-electron chi connectivity index (χ1n) is 13.6. The largest absolute Gasteiger partial charge is 0.394 e. The van der Waals surface area contributed by atoms with E-state index in [0.29, 0.717) is 17.5 Å². The minimum atomic E-state index is -0.00416. The summed E-state index contributed by atoms with van der Waals surface area (Å²) in [5.74, 6) is 2.32. The molecule has 1 aliphatic carbocycles. The summed E-state index contributed by atoms with van der Waals surface area (Å²) in [7, 11) is 0. The van der Waals surface area contributed by atoms with E-state index in [1.807, 2.05) is 29.8 Å². The number of rotatable bonds is 8. The quantitative estimate of drug-likeness (QED) is 0.432. The number of anilines is 2. The first-order chi connectivity index (χ1) is 18.1. The van der Waals surface area contributed by atoms with Crippen LogP contribution in [0.15, 0.2) is 30.5 Å². The number of aromatic nitrogens is 3. The van der Waals surface area contributed by atoms with Gasteiger partial charge >= 0.3 is 0 Å². The van der Waals surface area contributed by atoms with E-state index in [9.17, 15) is 9.90 Å².